The molecule has 0 unspecified atom stereocenters. The van der Waals surface area contributed by atoms with Crippen LogP contribution < -0.4 is 5.32 Å². The Labute approximate surface area is 136 Å². The SMILES string of the molecule is CC[C@H](NC(=O)CSc1ncccn1)c1ccc(Br)cc1. The lowest BCUT2D eigenvalue weighted by molar-refractivity contribution is -0.119. The van der Waals surface area contributed by atoms with Crippen molar-refractivity contribution in [3.63, 3.8) is 0 Å². The van der Waals surface area contributed by atoms with E-state index in [0.29, 0.717) is 10.9 Å². The maximum atomic E-state index is 12.0. The Morgan fingerprint density at radius 3 is 2.57 bits per heavy atom. The zero-order chi connectivity index (χ0) is 15.1. The summed E-state index contributed by atoms with van der Waals surface area (Å²) in [6, 6.07) is 9.79. The van der Waals surface area contributed by atoms with Gasteiger partial charge in [0.25, 0.3) is 0 Å². The van der Waals surface area contributed by atoms with Crippen LogP contribution >= 0.6 is 27.7 Å². The molecule has 1 aromatic carbocycles. The first-order valence-electron chi connectivity index (χ1n) is 6.63. The van der Waals surface area contributed by atoms with Gasteiger partial charge in [-0.25, -0.2) is 9.97 Å². The van der Waals surface area contributed by atoms with Crippen LogP contribution in [0.5, 0.6) is 0 Å². The highest BCUT2D eigenvalue weighted by molar-refractivity contribution is 9.10. The van der Waals surface area contributed by atoms with Crippen LogP contribution in [0.3, 0.4) is 0 Å². The fraction of sp³-hybridized carbons (Fsp3) is 0.267. The lowest BCUT2D eigenvalue weighted by Crippen LogP contribution is -2.29. The van der Waals surface area contributed by atoms with E-state index in [0.717, 1.165) is 16.5 Å². The summed E-state index contributed by atoms with van der Waals surface area (Å²) in [5, 5.41) is 3.66. The normalized spacial score (nSPS) is 11.9. The van der Waals surface area contributed by atoms with E-state index in [2.05, 4.69) is 38.1 Å². The van der Waals surface area contributed by atoms with E-state index in [9.17, 15) is 4.79 Å². The Kier molecular flexibility index (Phi) is 6.20. The summed E-state index contributed by atoms with van der Waals surface area (Å²) in [5.41, 5.74) is 1.11. The minimum atomic E-state index is -0.0118. The molecule has 0 aliphatic rings. The largest absolute Gasteiger partial charge is 0.349 e. The van der Waals surface area contributed by atoms with Crippen LogP contribution in [0.15, 0.2) is 52.4 Å². The molecule has 1 amide bonds. The summed E-state index contributed by atoms with van der Waals surface area (Å²) in [6.45, 7) is 2.06. The highest BCUT2D eigenvalue weighted by Crippen LogP contribution is 2.20. The van der Waals surface area contributed by atoms with Gasteiger partial charge in [-0.05, 0) is 30.2 Å². The van der Waals surface area contributed by atoms with E-state index < -0.39 is 0 Å². The summed E-state index contributed by atoms with van der Waals surface area (Å²) >= 11 is 4.75. The fourth-order valence-electron chi connectivity index (χ4n) is 1.84. The minimum Gasteiger partial charge on any atom is -0.349 e. The third-order valence-electron chi connectivity index (χ3n) is 2.89. The lowest BCUT2D eigenvalue weighted by Gasteiger charge is -2.17. The molecule has 0 saturated heterocycles. The molecule has 110 valence electrons. The number of nitrogens with zero attached hydrogens (tertiary/aromatic N) is 2. The molecule has 0 radical (unpaired) electrons. The van der Waals surface area contributed by atoms with Gasteiger partial charge < -0.3 is 5.32 Å². The van der Waals surface area contributed by atoms with Crippen LogP contribution in [-0.2, 0) is 4.79 Å². The van der Waals surface area contributed by atoms with Crippen molar-refractivity contribution in [2.24, 2.45) is 0 Å². The van der Waals surface area contributed by atoms with Crippen molar-refractivity contribution in [2.45, 2.75) is 24.5 Å². The number of aromatic nitrogens is 2. The second-order valence-corrected chi connectivity index (χ2v) is 6.26. The predicted molar refractivity (Wildman–Crippen MR) is 88.1 cm³/mol. The molecule has 1 aromatic heterocycles. The average Bonchev–Trinajstić information content (AvgIpc) is 2.52. The van der Waals surface area contributed by atoms with Gasteiger partial charge in [0.1, 0.15) is 0 Å². The molecular formula is C15H16BrN3OS. The molecule has 2 aromatic rings. The highest BCUT2D eigenvalue weighted by atomic mass is 79.9. The molecule has 0 spiro atoms. The molecule has 4 nitrogen and oxygen atoms in total. The first-order valence-corrected chi connectivity index (χ1v) is 8.41. The topological polar surface area (TPSA) is 54.9 Å². The third-order valence-corrected chi connectivity index (χ3v) is 4.29. The van der Waals surface area contributed by atoms with Crippen LogP contribution in [0.25, 0.3) is 0 Å². The molecule has 0 bridgehead atoms. The molecule has 0 saturated carbocycles. The summed E-state index contributed by atoms with van der Waals surface area (Å²) in [4.78, 5) is 20.2. The van der Waals surface area contributed by atoms with Gasteiger partial charge in [-0.2, -0.15) is 0 Å². The van der Waals surface area contributed by atoms with E-state index in [1.54, 1.807) is 18.5 Å². The molecule has 0 fully saturated rings. The van der Waals surface area contributed by atoms with E-state index in [4.69, 9.17) is 0 Å². The van der Waals surface area contributed by atoms with Crippen LogP contribution in [0, 0.1) is 0 Å². The summed E-state index contributed by atoms with van der Waals surface area (Å²) in [6.07, 6.45) is 4.19. The molecular weight excluding hydrogens is 350 g/mol. The van der Waals surface area contributed by atoms with Gasteiger partial charge in [0.05, 0.1) is 11.8 Å². The first-order chi connectivity index (χ1) is 10.2. The number of carbonyl (C=O) groups is 1. The standard InChI is InChI=1S/C15H16BrN3OS/c1-2-13(11-4-6-12(16)7-5-11)19-14(20)10-21-15-17-8-3-9-18-15/h3-9,13H,2,10H2,1H3,(H,19,20)/t13-/m0/s1. The number of amides is 1. The van der Waals surface area contributed by atoms with E-state index >= 15 is 0 Å². The zero-order valence-corrected chi connectivity index (χ0v) is 14.0. The molecule has 6 heteroatoms. The Morgan fingerprint density at radius 1 is 1.29 bits per heavy atom. The second-order valence-electron chi connectivity index (χ2n) is 4.40. The zero-order valence-electron chi connectivity index (χ0n) is 11.6. The van der Waals surface area contributed by atoms with Crippen molar-refractivity contribution in [2.75, 3.05) is 5.75 Å². The number of carbonyl (C=O) groups excluding carboxylic acids is 1. The third kappa shape index (κ3) is 5.13. The van der Waals surface area contributed by atoms with Crippen molar-refractivity contribution < 1.29 is 4.79 Å². The summed E-state index contributed by atoms with van der Waals surface area (Å²) in [7, 11) is 0. The van der Waals surface area contributed by atoms with E-state index in [1.807, 2.05) is 24.3 Å². The number of rotatable bonds is 6. The Balaban J connectivity index is 1.89. The van der Waals surface area contributed by atoms with Crippen LogP contribution in [0.1, 0.15) is 24.9 Å². The van der Waals surface area contributed by atoms with Gasteiger partial charge in [0, 0.05) is 16.9 Å². The Morgan fingerprint density at radius 2 is 1.95 bits per heavy atom. The molecule has 1 atom stereocenters. The van der Waals surface area contributed by atoms with Gasteiger partial charge in [0.15, 0.2) is 5.16 Å². The van der Waals surface area contributed by atoms with E-state index in [1.165, 1.54) is 11.8 Å². The quantitative estimate of drug-likeness (QED) is 0.627. The Hall–Kier alpha value is -1.40. The van der Waals surface area contributed by atoms with Crippen molar-refractivity contribution in [1.29, 1.82) is 0 Å². The van der Waals surface area contributed by atoms with Gasteiger partial charge >= 0.3 is 0 Å². The summed E-state index contributed by atoms with van der Waals surface area (Å²) < 4.78 is 1.03. The van der Waals surface area contributed by atoms with Crippen LogP contribution in [0.4, 0.5) is 0 Å². The van der Waals surface area contributed by atoms with Gasteiger partial charge in [0.2, 0.25) is 5.91 Å². The van der Waals surface area contributed by atoms with Crippen molar-refractivity contribution in [3.8, 4) is 0 Å². The molecule has 1 heterocycles. The maximum absolute atomic E-state index is 12.0. The number of halogens is 1. The predicted octanol–water partition coefficient (Wildman–Crippen LogP) is 3.60. The molecule has 2 rings (SSSR count). The number of thioether (sulfide) groups is 1. The maximum Gasteiger partial charge on any atom is 0.230 e. The number of benzene rings is 1. The molecule has 21 heavy (non-hydrogen) atoms. The average molecular weight is 366 g/mol. The fourth-order valence-corrected chi connectivity index (χ4v) is 2.72. The molecule has 0 aliphatic heterocycles. The monoisotopic (exact) mass is 365 g/mol. The molecule has 1 N–H and O–H groups in total. The second kappa shape index (κ2) is 8.14. The van der Waals surface area contributed by atoms with Gasteiger partial charge in [-0.15, -0.1) is 0 Å². The first kappa shape index (κ1) is 16.0. The Bertz CT molecular complexity index is 577. The van der Waals surface area contributed by atoms with Gasteiger partial charge in [-0.1, -0.05) is 46.7 Å². The van der Waals surface area contributed by atoms with Crippen LogP contribution in [0.2, 0.25) is 0 Å². The van der Waals surface area contributed by atoms with E-state index in [-0.39, 0.29) is 11.9 Å². The highest BCUT2D eigenvalue weighted by Gasteiger charge is 2.13. The van der Waals surface area contributed by atoms with Gasteiger partial charge in [-0.3, -0.25) is 4.79 Å². The van der Waals surface area contributed by atoms with Crippen molar-refractivity contribution in [1.82, 2.24) is 15.3 Å². The minimum absolute atomic E-state index is 0.0118. The smallest absolute Gasteiger partial charge is 0.230 e. The number of hydrogen-bond donors (Lipinski definition) is 1. The number of nitrogens with one attached hydrogen (secondary N) is 1. The number of hydrogen-bond acceptors (Lipinski definition) is 4. The van der Waals surface area contributed by atoms with Crippen molar-refractivity contribution in [3.05, 3.63) is 52.8 Å². The molecule has 0 aliphatic carbocycles. The lowest BCUT2D eigenvalue weighted by atomic mass is 10.0. The summed E-state index contributed by atoms with van der Waals surface area (Å²) in [5.74, 6) is 0.305. The van der Waals surface area contributed by atoms with Crippen molar-refractivity contribution >= 4 is 33.6 Å². The van der Waals surface area contributed by atoms with Crippen LogP contribution in [-0.4, -0.2) is 21.6 Å².